The molecule has 0 amide bonds. The minimum atomic E-state index is -2.99. The molecule has 0 bridgehead atoms. The number of aromatic carboxylic acids is 1. The summed E-state index contributed by atoms with van der Waals surface area (Å²) < 4.78 is 34.6. The highest BCUT2D eigenvalue weighted by Gasteiger charge is 2.25. The number of rotatable bonds is 4. The predicted molar refractivity (Wildman–Crippen MR) is 49.3 cm³/mol. The Morgan fingerprint density at radius 1 is 1.44 bits per heavy atom. The molecule has 88 valence electrons. The van der Waals surface area contributed by atoms with Gasteiger partial charge in [0.1, 0.15) is 0 Å². The lowest BCUT2D eigenvalue weighted by Crippen LogP contribution is -2.08. The van der Waals surface area contributed by atoms with Crippen molar-refractivity contribution in [2.45, 2.75) is 6.43 Å². The number of methoxy groups -OCH3 is 2. The molecule has 7 heteroatoms. The zero-order valence-electron chi connectivity index (χ0n) is 8.53. The summed E-state index contributed by atoms with van der Waals surface area (Å²) in [6, 6.07) is 0.923. The Morgan fingerprint density at radius 2 is 2.06 bits per heavy atom. The molecule has 0 saturated heterocycles. The fraction of sp³-hybridized carbons (Fsp3) is 0.333. The van der Waals surface area contributed by atoms with E-state index < -0.39 is 29.4 Å². The maximum Gasteiger partial charge on any atom is 0.336 e. The summed E-state index contributed by atoms with van der Waals surface area (Å²) in [6.07, 6.45) is -2.99. The second-order valence-corrected chi connectivity index (χ2v) is 2.74. The fourth-order valence-electron chi connectivity index (χ4n) is 1.16. The van der Waals surface area contributed by atoms with Crippen molar-refractivity contribution in [1.82, 2.24) is 4.98 Å². The molecule has 0 aromatic carbocycles. The smallest absolute Gasteiger partial charge is 0.336 e. The molecule has 0 radical (unpaired) electrons. The average Bonchev–Trinajstić information content (AvgIpc) is 2.26. The number of carbonyl (C=O) groups is 1. The van der Waals surface area contributed by atoms with Gasteiger partial charge in [-0.1, -0.05) is 0 Å². The number of aromatic nitrogens is 1. The van der Waals surface area contributed by atoms with Crippen LogP contribution in [0, 0.1) is 0 Å². The summed E-state index contributed by atoms with van der Waals surface area (Å²) in [5.74, 6) is -2.04. The minimum Gasteiger partial charge on any atom is -0.481 e. The van der Waals surface area contributed by atoms with E-state index in [0.717, 1.165) is 13.2 Å². The van der Waals surface area contributed by atoms with E-state index in [9.17, 15) is 13.6 Å². The van der Waals surface area contributed by atoms with Crippen molar-refractivity contribution >= 4 is 5.97 Å². The summed E-state index contributed by atoms with van der Waals surface area (Å²) in [5.41, 5.74) is -1.34. The maximum absolute atomic E-state index is 12.6. The van der Waals surface area contributed by atoms with Crippen LogP contribution in [0.1, 0.15) is 22.3 Å². The third kappa shape index (κ3) is 2.18. The second-order valence-electron chi connectivity index (χ2n) is 2.74. The van der Waals surface area contributed by atoms with Crippen molar-refractivity contribution in [2.75, 3.05) is 14.2 Å². The number of carboxylic acid groups (broad SMARTS) is 1. The number of ether oxygens (including phenoxy) is 2. The molecule has 0 aliphatic carbocycles. The predicted octanol–water partition coefficient (Wildman–Crippen LogP) is 1.73. The zero-order valence-corrected chi connectivity index (χ0v) is 8.53. The molecule has 1 heterocycles. The molecule has 1 aromatic heterocycles. The van der Waals surface area contributed by atoms with Crippen LogP contribution in [0.2, 0.25) is 0 Å². The van der Waals surface area contributed by atoms with Crippen molar-refractivity contribution < 1.29 is 28.2 Å². The number of carboxylic acids is 1. The van der Waals surface area contributed by atoms with Gasteiger partial charge in [-0.25, -0.2) is 13.6 Å². The van der Waals surface area contributed by atoms with Crippen LogP contribution in [0.5, 0.6) is 11.8 Å². The van der Waals surface area contributed by atoms with Gasteiger partial charge in [0.2, 0.25) is 11.8 Å². The van der Waals surface area contributed by atoms with E-state index >= 15 is 0 Å². The lowest BCUT2D eigenvalue weighted by Gasteiger charge is -2.11. The first kappa shape index (κ1) is 12.2. The largest absolute Gasteiger partial charge is 0.481 e. The number of hydrogen-bond donors (Lipinski definition) is 1. The van der Waals surface area contributed by atoms with Gasteiger partial charge in [-0.3, -0.25) is 0 Å². The Morgan fingerprint density at radius 3 is 2.44 bits per heavy atom. The first-order valence-electron chi connectivity index (χ1n) is 4.15. The molecule has 0 spiro atoms. The summed E-state index contributed by atoms with van der Waals surface area (Å²) in [5, 5.41) is 8.78. The molecule has 1 N–H and O–H groups in total. The topological polar surface area (TPSA) is 68.7 Å². The van der Waals surface area contributed by atoms with E-state index in [-0.39, 0.29) is 5.88 Å². The Kier molecular flexibility index (Phi) is 3.60. The van der Waals surface area contributed by atoms with Crippen LogP contribution in [-0.2, 0) is 0 Å². The molecule has 0 saturated carbocycles. The lowest BCUT2D eigenvalue weighted by atomic mass is 10.1. The summed E-state index contributed by atoms with van der Waals surface area (Å²) in [4.78, 5) is 14.4. The lowest BCUT2D eigenvalue weighted by molar-refractivity contribution is 0.0681. The molecule has 0 aliphatic heterocycles. The molecule has 0 fully saturated rings. The van der Waals surface area contributed by atoms with Crippen LogP contribution in [-0.4, -0.2) is 30.3 Å². The molecule has 5 nitrogen and oxygen atoms in total. The van der Waals surface area contributed by atoms with Crippen molar-refractivity contribution in [2.24, 2.45) is 0 Å². The van der Waals surface area contributed by atoms with Crippen LogP contribution in [0.15, 0.2) is 6.07 Å². The van der Waals surface area contributed by atoms with E-state index in [1.54, 1.807) is 0 Å². The second kappa shape index (κ2) is 4.73. The number of nitrogens with zero attached hydrogens (tertiary/aromatic N) is 1. The maximum atomic E-state index is 12.6. The van der Waals surface area contributed by atoms with Crippen LogP contribution < -0.4 is 9.47 Å². The molecular weight excluding hydrogens is 224 g/mol. The van der Waals surface area contributed by atoms with Gasteiger partial charge < -0.3 is 14.6 Å². The van der Waals surface area contributed by atoms with E-state index in [1.807, 2.05) is 0 Å². The van der Waals surface area contributed by atoms with Gasteiger partial charge in [0, 0.05) is 6.07 Å². The number of halogens is 2. The third-order valence-corrected chi connectivity index (χ3v) is 1.85. The van der Waals surface area contributed by atoms with E-state index in [1.165, 1.54) is 7.11 Å². The first-order valence-corrected chi connectivity index (χ1v) is 4.15. The van der Waals surface area contributed by atoms with Gasteiger partial charge in [0.15, 0.2) is 0 Å². The number of hydrogen-bond acceptors (Lipinski definition) is 4. The highest BCUT2D eigenvalue weighted by Crippen LogP contribution is 2.33. The fourth-order valence-corrected chi connectivity index (χ4v) is 1.16. The molecule has 1 rings (SSSR count). The normalized spacial score (nSPS) is 10.3. The summed E-state index contributed by atoms with van der Waals surface area (Å²) >= 11 is 0. The van der Waals surface area contributed by atoms with Crippen LogP contribution in [0.4, 0.5) is 8.78 Å². The van der Waals surface area contributed by atoms with Gasteiger partial charge in [0.25, 0.3) is 6.43 Å². The van der Waals surface area contributed by atoms with Crippen LogP contribution in [0.25, 0.3) is 0 Å². The summed E-state index contributed by atoms with van der Waals surface area (Å²) in [7, 11) is 2.37. The SMILES string of the molecule is COc1cc(C(=O)O)c(C(F)F)c(OC)n1. The van der Waals surface area contributed by atoms with Gasteiger partial charge >= 0.3 is 5.97 Å². The monoisotopic (exact) mass is 233 g/mol. The van der Waals surface area contributed by atoms with Crippen molar-refractivity contribution in [1.29, 1.82) is 0 Å². The van der Waals surface area contributed by atoms with Crippen molar-refractivity contribution in [3.8, 4) is 11.8 Å². The van der Waals surface area contributed by atoms with Gasteiger partial charge in [-0.15, -0.1) is 0 Å². The van der Waals surface area contributed by atoms with Gasteiger partial charge in [0.05, 0.1) is 25.3 Å². The van der Waals surface area contributed by atoms with Crippen molar-refractivity contribution in [3.63, 3.8) is 0 Å². The van der Waals surface area contributed by atoms with E-state index in [0.29, 0.717) is 0 Å². The third-order valence-electron chi connectivity index (χ3n) is 1.85. The highest BCUT2D eigenvalue weighted by molar-refractivity contribution is 5.90. The Hall–Kier alpha value is -1.92. The molecule has 0 atom stereocenters. The number of alkyl halides is 2. The Bertz CT molecular complexity index is 409. The van der Waals surface area contributed by atoms with Crippen LogP contribution in [0.3, 0.4) is 0 Å². The first-order chi connectivity index (χ1) is 7.51. The summed E-state index contributed by atoms with van der Waals surface area (Å²) in [6.45, 7) is 0. The molecular formula is C9H9F2NO4. The standard InChI is InChI=1S/C9H9F2NO4/c1-15-5-3-4(9(13)14)6(7(10)11)8(12-5)16-2/h3,7H,1-2H3,(H,13,14). The minimum absolute atomic E-state index is 0.0985. The average molecular weight is 233 g/mol. The van der Waals surface area contributed by atoms with Gasteiger partial charge in [-0.05, 0) is 0 Å². The zero-order chi connectivity index (χ0) is 12.3. The van der Waals surface area contributed by atoms with Crippen LogP contribution >= 0.6 is 0 Å². The highest BCUT2D eigenvalue weighted by atomic mass is 19.3. The Balaban J connectivity index is 3.47. The quantitative estimate of drug-likeness (QED) is 0.857. The van der Waals surface area contributed by atoms with E-state index in [2.05, 4.69) is 14.5 Å². The van der Waals surface area contributed by atoms with E-state index in [4.69, 9.17) is 5.11 Å². The van der Waals surface area contributed by atoms with Gasteiger partial charge in [-0.2, -0.15) is 4.98 Å². The Labute approximate surface area is 89.6 Å². The number of pyridine rings is 1. The molecule has 0 aliphatic rings. The molecule has 0 unspecified atom stereocenters. The molecule has 1 aromatic rings. The molecule has 16 heavy (non-hydrogen) atoms. The van der Waals surface area contributed by atoms with Crippen molar-refractivity contribution in [3.05, 3.63) is 17.2 Å².